The number of rotatable bonds is 7. The third-order valence-corrected chi connectivity index (χ3v) is 5.81. The topological polar surface area (TPSA) is 74.8 Å². The van der Waals surface area contributed by atoms with E-state index >= 15 is 0 Å². The van der Waals surface area contributed by atoms with Gasteiger partial charge in [-0.2, -0.15) is 0 Å². The van der Waals surface area contributed by atoms with E-state index < -0.39 is 0 Å². The highest BCUT2D eigenvalue weighted by Gasteiger charge is 2.23. The molecule has 2 aromatic rings. The van der Waals surface area contributed by atoms with E-state index in [1.165, 1.54) is 4.88 Å². The van der Waals surface area contributed by atoms with Crippen LogP contribution in [0.4, 0.5) is 5.69 Å². The van der Waals surface area contributed by atoms with E-state index in [-0.39, 0.29) is 12.0 Å². The Morgan fingerprint density at radius 1 is 1.32 bits per heavy atom. The number of amides is 1. The monoisotopic (exact) mass is 400 g/mol. The van der Waals surface area contributed by atoms with Crippen LogP contribution in [0.1, 0.15) is 36.1 Å². The lowest BCUT2D eigenvalue weighted by Gasteiger charge is -2.16. The summed E-state index contributed by atoms with van der Waals surface area (Å²) in [7, 11) is 1.77. The molecule has 7 heteroatoms. The first kappa shape index (κ1) is 20.4. The molecular formula is C21H28N4O2S. The van der Waals surface area contributed by atoms with E-state index in [1.54, 1.807) is 18.4 Å². The standard InChI is InChI=1S/C21H28N4O2S/c1-15(19-9-5-11-28-19)13-23-21(22-2)24-14-16-6-3-7-17(12-16)25-20(26)18-8-4-10-27-18/h3,5-7,9,11-12,15,18H,4,8,10,13-14H2,1-2H3,(H,25,26)(H2,22,23,24). The smallest absolute Gasteiger partial charge is 0.253 e. The van der Waals surface area contributed by atoms with E-state index in [4.69, 9.17) is 4.74 Å². The molecule has 1 aliphatic rings. The summed E-state index contributed by atoms with van der Waals surface area (Å²) in [6.45, 7) is 4.31. The first-order valence-electron chi connectivity index (χ1n) is 9.65. The van der Waals surface area contributed by atoms with Crippen molar-refractivity contribution in [3.05, 3.63) is 52.2 Å². The number of hydrogen-bond donors (Lipinski definition) is 3. The number of ether oxygens (including phenoxy) is 1. The third kappa shape index (κ3) is 5.81. The average Bonchev–Trinajstić information content (AvgIpc) is 3.42. The van der Waals surface area contributed by atoms with Crippen molar-refractivity contribution in [1.29, 1.82) is 0 Å². The zero-order chi connectivity index (χ0) is 19.8. The van der Waals surface area contributed by atoms with E-state index in [0.717, 1.165) is 36.6 Å². The third-order valence-electron chi connectivity index (χ3n) is 4.70. The molecule has 1 aromatic carbocycles. The predicted octanol–water partition coefficient (Wildman–Crippen LogP) is 3.33. The van der Waals surface area contributed by atoms with Crippen LogP contribution in [0.25, 0.3) is 0 Å². The van der Waals surface area contributed by atoms with Crippen molar-refractivity contribution < 1.29 is 9.53 Å². The number of anilines is 1. The first-order chi connectivity index (χ1) is 13.7. The minimum atomic E-state index is -0.324. The van der Waals surface area contributed by atoms with Crippen LogP contribution in [-0.2, 0) is 16.1 Å². The summed E-state index contributed by atoms with van der Waals surface area (Å²) in [6, 6.07) is 12.1. The summed E-state index contributed by atoms with van der Waals surface area (Å²) >= 11 is 1.77. The molecule has 2 unspecified atom stereocenters. The van der Waals surface area contributed by atoms with Crippen LogP contribution in [-0.4, -0.2) is 38.2 Å². The van der Waals surface area contributed by atoms with Gasteiger partial charge >= 0.3 is 0 Å². The molecule has 3 rings (SSSR count). The molecule has 1 fully saturated rings. The number of guanidine groups is 1. The van der Waals surface area contributed by atoms with Crippen molar-refractivity contribution in [3.63, 3.8) is 0 Å². The molecule has 6 nitrogen and oxygen atoms in total. The molecule has 1 aromatic heterocycles. The lowest BCUT2D eigenvalue weighted by Crippen LogP contribution is -2.38. The lowest BCUT2D eigenvalue weighted by atomic mass is 10.1. The maximum Gasteiger partial charge on any atom is 0.253 e. The Bertz CT molecular complexity index is 785. The van der Waals surface area contributed by atoms with E-state index in [9.17, 15) is 4.79 Å². The lowest BCUT2D eigenvalue weighted by molar-refractivity contribution is -0.124. The maximum atomic E-state index is 12.2. The van der Waals surface area contributed by atoms with Crippen molar-refractivity contribution in [2.45, 2.75) is 38.3 Å². The van der Waals surface area contributed by atoms with Gasteiger partial charge in [0.2, 0.25) is 0 Å². The second-order valence-corrected chi connectivity index (χ2v) is 7.89. The fourth-order valence-electron chi connectivity index (χ4n) is 3.09. The van der Waals surface area contributed by atoms with Crippen LogP contribution < -0.4 is 16.0 Å². The van der Waals surface area contributed by atoms with Crippen molar-refractivity contribution in [1.82, 2.24) is 10.6 Å². The Morgan fingerprint density at radius 3 is 2.93 bits per heavy atom. The highest BCUT2D eigenvalue weighted by molar-refractivity contribution is 7.10. The average molecular weight is 401 g/mol. The number of carbonyl (C=O) groups is 1. The number of benzene rings is 1. The fraction of sp³-hybridized carbons (Fsp3) is 0.429. The van der Waals surface area contributed by atoms with Crippen LogP contribution in [0.15, 0.2) is 46.8 Å². The van der Waals surface area contributed by atoms with Gasteiger partial charge in [0, 0.05) is 43.2 Å². The molecule has 1 saturated heterocycles. The Kier molecular flexibility index (Phi) is 7.45. The minimum Gasteiger partial charge on any atom is -0.368 e. The van der Waals surface area contributed by atoms with Crippen molar-refractivity contribution in [2.75, 3.05) is 25.5 Å². The maximum absolute atomic E-state index is 12.2. The van der Waals surface area contributed by atoms with Crippen LogP contribution in [0, 0.1) is 0 Å². The van der Waals surface area contributed by atoms with Gasteiger partial charge in [-0.15, -0.1) is 11.3 Å². The first-order valence-corrected chi connectivity index (χ1v) is 10.5. The quantitative estimate of drug-likeness (QED) is 0.492. The van der Waals surface area contributed by atoms with Crippen LogP contribution in [0.2, 0.25) is 0 Å². The summed E-state index contributed by atoms with van der Waals surface area (Å²) in [4.78, 5) is 17.9. The number of carbonyl (C=O) groups excluding carboxylic acids is 1. The summed E-state index contributed by atoms with van der Waals surface area (Å²) < 4.78 is 5.44. The SMILES string of the molecule is CN=C(NCc1cccc(NC(=O)C2CCCO2)c1)NCC(C)c1cccs1. The van der Waals surface area contributed by atoms with Crippen molar-refractivity contribution >= 4 is 28.9 Å². The fourth-order valence-corrected chi connectivity index (χ4v) is 3.88. The zero-order valence-electron chi connectivity index (χ0n) is 16.4. The minimum absolute atomic E-state index is 0.0670. The normalized spacial score (nSPS) is 17.9. The molecule has 3 N–H and O–H groups in total. The van der Waals surface area contributed by atoms with Crippen LogP contribution in [0.3, 0.4) is 0 Å². The molecule has 1 aliphatic heterocycles. The zero-order valence-corrected chi connectivity index (χ0v) is 17.2. The summed E-state index contributed by atoms with van der Waals surface area (Å²) in [5.41, 5.74) is 1.86. The molecule has 2 heterocycles. The number of nitrogens with one attached hydrogen (secondary N) is 3. The van der Waals surface area contributed by atoms with Crippen molar-refractivity contribution in [2.24, 2.45) is 4.99 Å². The van der Waals surface area contributed by atoms with Gasteiger partial charge < -0.3 is 20.7 Å². The molecule has 0 radical (unpaired) electrons. The highest BCUT2D eigenvalue weighted by atomic mass is 32.1. The predicted molar refractivity (Wildman–Crippen MR) is 115 cm³/mol. The Hall–Kier alpha value is -2.38. The molecular weight excluding hydrogens is 372 g/mol. The Balaban J connectivity index is 1.48. The second-order valence-electron chi connectivity index (χ2n) is 6.91. The largest absolute Gasteiger partial charge is 0.368 e. The van der Waals surface area contributed by atoms with Gasteiger partial charge in [-0.3, -0.25) is 9.79 Å². The van der Waals surface area contributed by atoms with Gasteiger partial charge in [-0.1, -0.05) is 25.1 Å². The van der Waals surface area contributed by atoms with E-state index in [1.807, 2.05) is 24.3 Å². The summed E-state index contributed by atoms with van der Waals surface area (Å²) in [6.07, 6.45) is 1.41. The number of nitrogens with zero attached hydrogens (tertiary/aromatic N) is 1. The van der Waals surface area contributed by atoms with Gasteiger partial charge in [0.05, 0.1) is 0 Å². The van der Waals surface area contributed by atoms with Gasteiger partial charge in [0.15, 0.2) is 5.96 Å². The van der Waals surface area contributed by atoms with Gasteiger partial charge in [0.1, 0.15) is 6.10 Å². The van der Waals surface area contributed by atoms with Gasteiger partial charge in [-0.05, 0) is 42.0 Å². The summed E-state index contributed by atoms with van der Waals surface area (Å²) in [5.74, 6) is 1.12. The molecule has 0 saturated carbocycles. The Labute approximate surface area is 170 Å². The molecule has 0 aliphatic carbocycles. The van der Waals surface area contributed by atoms with Crippen LogP contribution >= 0.6 is 11.3 Å². The number of thiophene rings is 1. The molecule has 1 amide bonds. The number of aliphatic imine (C=N–C) groups is 1. The second kappa shape index (κ2) is 10.2. The highest BCUT2D eigenvalue weighted by Crippen LogP contribution is 2.19. The summed E-state index contributed by atoms with van der Waals surface area (Å²) in [5, 5.41) is 11.7. The molecule has 0 bridgehead atoms. The Morgan fingerprint density at radius 2 is 2.21 bits per heavy atom. The molecule has 0 spiro atoms. The van der Waals surface area contributed by atoms with Crippen molar-refractivity contribution in [3.8, 4) is 0 Å². The molecule has 28 heavy (non-hydrogen) atoms. The molecule has 2 atom stereocenters. The van der Waals surface area contributed by atoms with Gasteiger partial charge in [-0.25, -0.2) is 0 Å². The van der Waals surface area contributed by atoms with Gasteiger partial charge in [0.25, 0.3) is 5.91 Å². The van der Waals surface area contributed by atoms with E-state index in [0.29, 0.717) is 19.1 Å². The molecule has 150 valence electrons. The van der Waals surface area contributed by atoms with E-state index in [2.05, 4.69) is 45.4 Å². The van der Waals surface area contributed by atoms with Crippen LogP contribution in [0.5, 0.6) is 0 Å². The number of hydrogen-bond acceptors (Lipinski definition) is 4.